The Morgan fingerprint density at radius 3 is 1.50 bits per heavy atom. The van der Waals surface area contributed by atoms with Crippen molar-refractivity contribution in [2.45, 2.75) is 51.6 Å². The van der Waals surface area contributed by atoms with Gasteiger partial charge in [0.1, 0.15) is 11.4 Å². The van der Waals surface area contributed by atoms with E-state index in [0.29, 0.717) is 24.5 Å². The second-order valence-corrected chi connectivity index (χ2v) is 9.54. The van der Waals surface area contributed by atoms with Gasteiger partial charge < -0.3 is 9.80 Å². The van der Waals surface area contributed by atoms with E-state index in [9.17, 15) is 9.59 Å². The molecule has 2 saturated heterocycles. The number of aromatic nitrogens is 1. The van der Waals surface area contributed by atoms with Gasteiger partial charge in [-0.15, -0.1) is 0 Å². The van der Waals surface area contributed by atoms with E-state index in [2.05, 4.69) is 67.4 Å². The first-order valence-corrected chi connectivity index (χ1v) is 12.2. The van der Waals surface area contributed by atoms with Gasteiger partial charge in [-0.05, 0) is 62.8 Å². The van der Waals surface area contributed by atoms with Crippen molar-refractivity contribution in [3.05, 3.63) is 100 Å². The highest BCUT2D eigenvalue weighted by Crippen LogP contribution is 2.34. The number of carbonyl (C=O) groups excluding carboxylic acids is 2. The van der Waals surface area contributed by atoms with Gasteiger partial charge in [-0.1, -0.05) is 65.7 Å². The Morgan fingerprint density at radius 1 is 0.676 bits per heavy atom. The molecule has 34 heavy (non-hydrogen) atoms. The lowest BCUT2D eigenvalue weighted by Crippen LogP contribution is -2.33. The summed E-state index contributed by atoms with van der Waals surface area (Å²) in [5.74, 6) is -0.205. The summed E-state index contributed by atoms with van der Waals surface area (Å²) in [6, 6.07) is 22.1. The molecule has 0 radical (unpaired) electrons. The maximum Gasteiger partial charge on any atom is 0.272 e. The molecular weight excluding hydrogens is 422 g/mol. The van der Waals surface area contributed by atoms with Gasteiger partial charge in [0.25, 0.3) is 11.8 Å². The summed E-state index contributed by atoms with van der Waals surface area (Å²) in [7, 11) is 0. The highest BCUT2D eigenvalue weighted by Gasteiger charge is 2.33. The van der Waals surface area contributed by atoms with Crippen LogP contribution in [0.25, 0.3) is 0 Å². The molecule has 2 aliphatic heterocycles. The molecule has 3 heterocycles. The Balaban J connectivity index is 1.36. The van der Waals surface area contributed by atoms with Gasteiger partial charge in [-0.25, -0.2) is 4.98 Å². The molecule has 0 bridgehead atoms. The van der Waals surface area contributed by atoms with Gasteiger partial charge in [0.15, 0.2) is 0 Å². The number of carbonyl (C=O) groups is 2. The molecule has 3 aromatic rings. The Morgan fingerprint density at radius 2 is 1.09 bits per heavy atom. The first kappa shape index (κ1) is 22.3. The third-order valence-electron chi connectivity index (χ3n) is 7.14. The lowest BCUT2D eigenvalue weighted by atomic mass is 10.0. The molecule has 2 amide bonds. The number of likely N-dealkylation sites (tertiary alicyclic amines) is 2. The number of nitrogens with zero attached hydrogens (tertiary/aromatic N) is 3. The molecule has 5 rings (SSSR count). The Hall–Kier alpha value is -3.47. The molecule has 2 atom stereocenters. The van der Waals surface area contributed by atoms with Crippen LogP contribution >= 0.6 is 0 Å². The summed E-state index contributed by atoms with van der Waals surface area (Å²) in [6.07, 6.45) is 3.82. The Bertz CT molecular complexity index is 1100. The highest BCUT2D eigenvalue weighted by molar-refractivity contribution is 5.96. The van der Waals surface area contributed by atoms with Crippen LogP contribution in [0.4, 0.5) is 0 Å². The molecule has 0 saturated carbocycles. The van der Waals surface area contributed by atoms with Crippen LogP contribution in [0.15, 0.2) is 66.7 Å². The van der Waals surface area contributed by atoms with Crippen molar-refractivity contribution < 1.29 is 9.59 Å². The zero-order chi connectivity index (χ0) is 23.7. The quantitative estimate of drug-likeness (QED) is 0.513. The molecule has 0 spiro atoms. The number of rotatable bonds is 4. The molecule has 0 aliphatic carbocycles. The summed E-state index contributed by atoms with van der Waals surface area (Å²) < 4.78 is 0. The number of amides is 2. The molecule has 2 unspecified atom stereocenters. The van der Waals surface area contributed by atoms with Crippen LogP contribution in [0, 0.1) is 13.8 Å². The average Bonchev–Trinajstić information content (AvgIpc) is 3.54. The maximum absolute atomic E-state index is 13.4. The van der Waals surface area contributed by atoms with Crippen LogP contribution in [0.2, 0.25) is 0 Å². The van der Waals surface area contributed by atoms with Crippen molar-refractivity contribution in [3.8, 4) is 0 Å². The molecule has 0 N–H and O–H groups in total. The second-order valence-electron chi connectivity index (χ2n) is 9.54. The fourth-order valence-electron chi connectivity index (χ4n) is 5.26. The molecular formula is C29H31N3O2. The van der Waals surface area contributed by atoms with E-state index >= 15 is 0 Å². The largest absolute Gasteiger partial charge is 0.330 e. The number of hydrogen-bond acceptors (Lipinski definition) is 3. The lowest BCUT2D eigenvalue weighted by Gasteiger charge is -2.26. The van der Waals surface area contributed by atoms with Crippen molar-refractivity contribution >= 4 is 11.8 Å². The van der Waals surface area contributed by atoms with E-state index < -0.39 is 0 Å². The van der Waals surface area contributed by atoms with Crippen LogP contribution in [-0.2, 0) is 0 Å². The summed E-state index contributed by atoms with van der Waals surface area (Å²) in [6.45, 7) is 5.55. The zero-order valence-corrected chi connectivity index (χ0v) is 19.9. The highest BCUT2D eigenvalue weighted by atomic mass is 16.2. The van der Waals surface area contributed by atoms with E-state index in [1.165, 1.54) is 11.1 Å². The first-order chi connectivity index (χ1) is 16.5. The SMILES string of the molecule is Cc1ccc(C2CCCN2C(=O)c2cccc(C(=O)N3CCCC3c3ccc(C)cc3)n2)cc1. The summed E-state index contributed by atoms with van der Waals surface area (Å²) in [4.78, 5) is 35.3. The van der Waals surface area contributed by atoms with E-state index in [0.717, 1.165) is 36.8 Å². The van der Waals surface area contributed by atoms with Gasteiger partial charge in [0.2, 0.25) is 0 Å². The van der Waals surface area contributed by atoms with E-state index in [1.54, 1.807) is 18.2 Å². The standard InChI is InChI=1S/C29H31N3O2/c1-20-10-14-22(15-11-20)26-8-4-18-31(26)28(33)24-6-3-7-25(30-24)29(34)32-19-5-9-27(32)23-16-12-21(2)13-17-23/h3,6-7,10-17,26-27H,4-5,8-9,18-19H2,1-2H3. The van der Waals surface area contributed by atoms with Crippen molar-refractivity contribution in [2.24, 2.45) is 0 Å². The fourth-order valence-corrected chi connectivity index (χ4v) is 5.26. The molecule has 2 aromatic carbocycles. The van der Waals surface area contributed by atoms with Crippen LogP contribution in [0.1, 0.15) is 81.0 Å². The minimum atomic E-state index is -0.103. The number of hydrogen-bond donors (Lipinski definition) is 0. The fraction of sp³-hybridized carbons (Fsp3) is 0.345. The summed E-state index contributed by atoms with van der Waals surface area (Å²) in [5, 5.41) is 0. The smallest absolute Gasteiger partial charge is 0.272 e. The molecule has 1 aromatic heterocycles. The van der Waals surface area contributed by atoms with Crippen molar-refractivity contribution in [2.75, 3.05) is 13.1 Å². The Kier molecular flexibility index (Phi) is 6.18. The average molecular weight is 454 g/mol. The van der Waals surface area contributed by atoms with Gasteiger partial charge in [-0.2, -0.15) is 0 Å². The third kappa shape index (κ3) is 4.35. The van der Waals surface area contributed by atoms with Crippen LogP contribution in [0.5, 0.6) is 0 Å². The zero-order valence-electron chi connectivity index (χ0n) is 19.9. The molecule has 174 valence electrons. The summed E-state index contributed by atoms with van der Waals surface area (Å²) >= 11 is 0. The second kappa shape index (κ2) is 9.41. The van der Waals surface area contributed by atoms with Crippen LogP contribution < -0.4 is 0 Å². The van der Waals surface area contributed by atoms with Gasteiger partial charge >= 0.3 is 0 Å². The van der Waals surface area contributed by atoms with Crippen molar-refractivity contribution in [3.63, 3.8) is 0 Å². The third-order valence-corrected chi connectivity index (χ3v) is 7.14. The molecule has 2 fully saturated rings. The van der Waals surface area contributed by atoms with E-state index in [-0.39, 0.29) is 23.9 Å². The van der Waals surface area contributed by atoms with E-state index in [1.807, 2.05) is 9.80 Å². The van der Waals surface area contributed by atoms with E-state index in [4.69, 9.17) is 0 Å². The number of aryl methyl sites for hydroxylation is 2. The lowest BCUT2D eigenvalue weighted by molar-refractivity contribution is 0.0722. The van der Waals surface area contributed by atoms with Gasteiger partial charge in [0, 0.05) is 13.1 Å². The summed E-state index contributed by atoms with van der Waals surface area (Å²) in [5.41, 5.74) is 5.41. The first-order valence-electron chi connectivity index (χ1n) is 12.2. The number of benzene rings is 2. The number of pyridine rings is 1. The van der Waals surface area contributed by atoms with Gasteiger partial charge in [-0.3, -0.25) is 9.59 Å². The minimum absolute atomic E-state index is 0.0544. The topological polar surface area (TPSA) is 53.5 Å². The van der Waals surface area contributed by atoms with Crippen LogP contribution in [-0.4, -0.2) is 39.7 Å². The molecule has 2 aliphatic rings. The monoisotopic (exact) mass is 453 g/mol. The predicted octanol–water partition coefficient (Wildman–Crippen LogP) is 5.65. The normalized spacial score (nSPS) is 20.1. The predicted molar refractivity (Wildman–Crippen MR) is 133 cm³/mol. The van der Waals surface area contributed by atoms with Crippen molar-refractivity contribution in [1.82, 2.24) is 14.8 Å². The van der Waals surface area contributed by atoms with Crippen LogP contribution in [0.3, 0.4) is 0 Å². The Labute approximate surface area is 201 Å². The molecule has 5 heteroatoms. The van der Waals surface area contributed by atoms with Crippen molar-refractivity contribution in [1.29, 1.82) is 0 Å². The minimum Gasteiger partial charge on any atom is -0.330 e. The van der Waals surface area contributed by atoms with Gasteiger partial charge in [0.05, 0.1) is 12.1 Å². The maximum atomic E-state index is 13.4. The molecule has 5 nitrogen and oxygen atoms in total.